The van der Waals surface area contributed by atoms with E-state index in [0.29, 0.717) is 50.7 Å². The molecular formula is C35H34BrF3N8O2. The summed E-state index contributed by atoms with van der Waals surface area (Å²) in [6.07, 6.45) is -3.07. The standard InChI is InChI=1S/C35H34BrF3N8O2/c1-2-41-31(49)34(16-22-6-3-4-7-23(22)17-34)45-32-42-29(28(40)20-10-12-25(36)13-11-20)43-33(44-32)47-19-26-15-27(47)18-46(26)30(48)21-8-5-9-24(14-21)35(37,38)39/h3-14,26-28H,2,15-19,40H2,1H3,(H,41,49)(H,42,43,44,45)/t26-,27-,28+/m0/s1. The summed E-state index contributed by atoms with van der Waals surface area (Å²) < 4.78 is 41.0. The van der Waals surface area contributed by atoms with E-state index in [-0.39, 0.29) is 29.5 Å². The highest BCUT2D eigenvalue weighted by molar-refractivity contribution is 9.10. The van der Waals surface area contributed by atoms with Crippen LogP contribution in [0.2, 0.25) is 0 Å². The summed E-state index contributed by atoms with van der Waals surface area (Å²) >= 11 is 3.46. The quantitative estimate of drug-likeness (QED) is 0.234. The van der Waals surface area contributed by atoms with Gasteiger partial charge < -0.3 is 26.2 Å². The van der Waals surface area contributed by atoms with Crippen molar-refractivity contribution < 1.29 is 22.8 Å². The Labute approximate surface area is 289 Å². The van der Waals surface area contributed by atoms with Gasteiger partial charge in [0.2, 0.25) is 17.8 Å². The van der Waals surface area contributed by atoms with Crippen molar-refractivity contribution in [1.29, 1.82) is 0 Å². The molecule has 1 aromatic heterocycles. The fraction of sp³-hybridized carbons (Fsp3) is 0.343. The Kier molecular flexibility index (Phi) is 8.55. The van der Waals surface area contributed by atoms with Gasteiger partial charge >= 0.3 is 6.18 Å². The molecule has 10 nitrogen and oxygen atoms in total. The van der Waals surface area contributed by atoms with Gasteiger partial charge in [-0.3, -0.25) is 9.59 Å². The Hall–Kier alpha value is -4.56. The topological polar surface area (TPSA) is 129 Å². The molecule has 2 saturated heterocycles. The summed E-state index contributed by atoms with van der Waals surface area (Å²) in [7, 11) is 0. The Morgan fingerprint density at radius 3 is 2.33 bits per heavy atom. The molecule has 0 spiro atoms. The molecule has 4 aromatic rings. The molecule has 2 aliphatic heterocycles. The van der Waals surface area contributed by atoms with Crippen LogP contribution in [0.1, 0.15) is 57.8 Å². The average Bonchev–Trinajstić information content (AvgIpc) is 3.81. The van der Waals surface area contributed by atoms with Gasteiger partial charge in [0.1, 0.15) is 5.54 Å². The van der Waals surface area contributed by atoms with Crippen LogP contribution in [-0.2, 0) is 23.8 Å². The van der Waals surface area contributed by atoms with Gasteiger partial charge in [-0.25, -0.2) is 0 Å². The number of nitrogens with zero attached hydrogens (tertiary/aromatic N) is 5. The first-order chi connectivity index (χ1) is 23.4. The molecule has 4 N–H and O–H groups in total. The molecular weight excluding hydrogens is 701 g/mol. The number of hydrogen-bond donors (Lipinski definition) is 3. The van der Waals surface area contributed by atoms with Gasteiger partial charge in [-0.05, 0) is 60.4 Å². The van der Waals surface area contributed by atoms with Crippen molar-refractivity contribution in [3.8, 4) is 0 Å². The number of alkyl halides is 3. The molecule has 2 bridgehead atoms. The van der Waals surface area contributed by atoms with Gasteiger partial charge in [0.25, 0.3) is 5.91 Å². The maximum atomic E-state index is 13.7. The molecule has 49 heavy (non-hydrogen) atoms. The number of hydrogen-bond acceptors (Lipinski definition) is 8. The fourth-order valence-electron chi connectivity index (χ4n) is 7.14. The van der Waals surface area contributed by atoms with Gasteiger partial charge in [-0.2, -0.15) is 28.1 Å². The second-order valence-electron chi connectivity index (χ2n) is 12.8. The molecule has 2 fully saturated rings. The highest BCUT2D eigenvalue weighted by Gasteiger charge is 2.48. The fourth-order valence-corrected chi connectivity index (χ4v) is 7.41. The Balaban J connectivity index is 1.20. The zero-order chi connectivity index (χ0) is 34.5. The van der Waals surface area contributed by atoms with E-state index in [4.69, 9.17) is 20.7 Å². The maximum absolute atomic E-state index is 13.7. The summed E-state index contributed by atoms with van der Waals surface area (Å²) in [4.78, 5) is 45.1. The van der Waals surface area contributed by atoms with Crippen molar-refractivity contribution in [2.75, 3.05) is 29.9 Å². The van der Waals surface area contributed by atoms with Crippen molar-refractivity contribution in [2.24, 2.45) is 5.73 Å². The zero-order valence-electron chi connectivity index (χ0n) is 26.5. The summed E-state index contributed by atoms with van der Waals surface area (Å²) in [6.45, 7) is 2.99. The number of likely N-dealkylation sites (N-methyl/N-ethyl adjacent to an activating group) is 1. The van der Waals surface area contributed by atoms with Crippen LogP contribution in [0.15, 0.2) is 77.3 Å². The smallest absolute Gasteiger partial charge is 0.354 e. The van der Waals surface area contributed by atoms with E-state index in [1.54, 1.807) is 4.90 Å². The van der Waals surface area contributed by atoms with Gasteiger partial charge in [-0.1, -0.05) is 58.4 Å². The Morgan fingerprint density at radius 1 is 0.980 bits per heavy atom. The van der Waals surface area contributed by atoms with Crippen molar-refractivity contribution in [3.63, 3.8) is 0 Å². The minimum atomic E-state index is -4.55. The van der Waals surface area contributed by atoms with Gasteiger partial charge in [0.15, 0.2) is 5.82 Å². The first-order valence-corrected chi connectivity index (χ1v) is 16.9. The number of carbonyl (C=O) groups is 2. The molecule has 3 atom stereocenters. The lowest BCUT2D eigenvalue weighted by molar-refractivity contribution is -0.137. The van der Waals surface area contributed by atoms with Gasteiger partial charge in [-0.15, -0.1) is 0 Å². The second kappa shape index (κ2) is 12.7. The number of anilines is 2. The SMILES string of the molecule is CCNC(=O)C1(Nc2nc([C@H](N)c3ccc(Br)cc3)nc(N3C[C@@H]4C[C@H]3CN4C(=O)c3cccc(C(F)(F)F)c3)n2)Cc2ccccc2C1. The van der Waals surface area contributed by atoms with E-state index in [1.165, 1.54) is 12.1 Å². The normalized spacial score (nSPS) is 19.9. The number of amides is 2. The predicted octanol–water partition coefficient (Wildman–Crippen LogP) is 4.89. The molecule has 14 heteroatoms. The Morgan fingerprint density at radius 2 is 1.69 bits per heavy atom. The zero-order valence-corrected chi connectivity index (χ0v) is 28.1. The number of carbonyl (C=O) groups excluding carboxylic acids is 2. The number of halogens is 4. The van der Waals surface area contributed by atoms with Crippen LogP contribution in [0.5, 0.6) is 0 Å². The first-order valence-electron chi connectivity index (χ1n) is 16.1. The van der Waals surface area contributed by atoms with E-state index in [2.05, 4.69) is 26.6 Å². The van der Waals surface area contributed by atoms with Crippen LogP contribution in [0.3, 0.4) is 0 Å². The van der Waals surface area contributed by atoms with Crippen LogP contribution in [0.25, 0.3) is 0 Å². The lowest BCUT2D eigenvalue weighted by Gasteiger charge is -2.35. The van der Waals surface area contributed by atoms with Crippen LogP contribution >= 0.6 is 15.9 Å². The maximum Gasteiger partial charge on any atom is 0.416 e. The van der Waals surface area contributed by atoms with Gasteiger partial charge in [0.05, 0.1) is 23.7 Å². The molecule has 0 saturated carbocycles. The average molecular weight is 736 g/mol. The monoisotopic (exact) mass is 734 g/mol. The van der Waals surface area contributed by atoms with Crippen LogP contribution < -0.4 is 21.3 Å². The molecule has 1 aliphatic carbocycles. The van der Waals surface area contributed by atoms with E-state index < -0.39 is 29.2 Å². The third-order valence-electron chi connectivity index (χ3n) is 9.57. The predicted molar refractivity (Wildman–Crippen MR) is 181 cm³/mol. The van der Waals surface area contributed by atoms with E-state index >= 15 is 0 Å². The van der Waals surface area contributed by atoms with E-state index in [9.17, 15) is 22.8 Å². The number of benzene rings is 3. The highest BCUT2D eigenvalue weighted by Crippen LogP contribution is 2.37. The van der Waals surface area contributed by atoms with Crippen molar-refractivity contribution in [1.82, 2.24) is 25.2 Å². The summed E-state index contributed by atoms with van der Waals surface area (Å²) in [5, 5.41) is 6.37. The second-order valence-corrected chi connectivity index (χ2v) is 13.7. The number of rotatable bonds is 8. The minimum Gasteiger partial charge on any atom is -0.354 e. The van der Waals surface area contributed by atoms with Crippen LogP contribution in [0.4, 0.5) is 25.1 Å². The van der Waals surface area contributed by atoms with E-state index in [1.807, 2.05) is 60.4 Å². The summed E-state index contributed by atoms with van der Waals surface area (Å²) in [5.41, 5.74) is 7.72. The molecule has 0 radical (unpaired) electrons. The molecule has 3 aliphatic rings. The molecule has 2 amide bonds. The lowest BCUT2D eigenvalue weighted by atomic mass is 9.94. The summed E-state index contributed by atoms with van der Waals surface area (Å²) in [5.74, 6) is 0.234. The van der Waals surface area contributed by atoms with Crippen LogP contribution in [-0.4, -0.2) is 68.9 Å². The molecule has 0 unspecified atom stereocenters. The van der Waals surface area contributed by atoms with Crippen molar-refractivity contribution >= 4 is 39.6 Å². The first kappa shape index (κ1) is 33.0. The number of nitrogens with one attached hydrogen (secondary N) is 2. The largest absolute Gasteiger partial charge is 0.416 e. The molecule has 7 rings (SSSR count). The van der Waals surface area contributed by atoms with E-state index in [0.717, 1.165) is 33.3 Å². The van der Waals surface area contributed by atoms with Crippen molar-refractivity contribution in [3.05, 3.63) is 111 Å². The highest BCUT2D eigenvalue weighted by atomic mass is 79.9. The van der Waals surface area contributed by atoms with Crippen molar-refractivity contribution in [2.45, 2.75) is 56.0 Å². The number of aromatic nitrogens is 3. The number of nitrogens with two attached hydrogens (primary N) is 1. The third-order valence-corrected chi connectivity index (χ3v) is 10.1. The third kappa shape index (κ3) is 6.34. The molecule has 3 heterocycles. The van der Waals surface area contributed by atoms with Crippen LogP contribution in [0, 0.1) is 0 Å². The minimum absolute atomic E-state index is 0.00320. The number of fused-ring (bicyclic) bond motifs is 3. The number of likely N-dealkylation sites (tertiary alicyclic amines) is 1. The summed E-state index contributed by atoms with van der Waals surface area (Å²) in [6, 6.07) is 18.8. The molecule has 254 valence electrons. The number of piperazine rings is 1. The van der Waals surface area contributed by atoms with Gasteiger partial charge in [0, 0.05) is 42.5 Å². The Bertz CT molecular complexity index is 1880. The molecule has 3 aromatic carbocycles. The lowest BCUT2D eigenvalue weighted by Crippen LogP contribution is -2.54.